The van der Waals surface area contributed by atoms with E-state index in [0.29, 0.717) is 22.8 Å². The molecule has 3 aromatic carbocycles. The predicted octanol–water partition coefficient (Wildman–Crippen LogP) is 5.12. The molecule has 0 fully saturated rings. The fraction of sp³-hybridized carbons (Fsp3) is 0.148. The van der Waals surface area contributed by atoms with Gasteiger partial charge in [-0.15, -0.1) is 0 Å². The summed E-state index contributed by atoms with van der Waals surface area (Å²) in [4.78, 5) is 13.3. The van der Waals surface area contributed by atoms with Crippen LogP contribution < -0.4 is 10.6 Å². The second-order valence-electron chi connectivity index (χ2n) is 7.94. The Morgan fingerprint density at radius 3 is 2.50 bits per heavy atom. The third kappa shape index (κ3) is 5.70. The van der Waals surface area contributed by atoms with Crippen LogP contribution in [-0.2, 0) is 18.3 Å². The first-order chi connectivity index (χ1) is 16.5. The molecular weight excluding hydrogens is 446 g/mol. The maximum Gasteiger partial charge on any atom is 0.246 e. The molecule has 0 saturated carbocycles. The van der Waals surface area contributed by atoms with Crippen LogP contribution >= 0.6 is 11.6 Å². The lowest BCUT2D eigenvalue weighted by molar-refractivity contribution is -0.118. The van der Waals surface area contributed by atoms with Crippen LogP contribution in [0, 0.1) is 11.3 Å². The van der Waals surface area contributed by atoms with Gasteiger partial charge in [-0.2, -0.15) is 10.4 Å². The van der Waals surface area contributed by atoms with Gasteiger partial charge >= 0.3 is 0 Å². The number of nitrogens with one attached hydrogen (secondary N) is 2. The van der Waals surface area contributed by atoms with E-state index in [1.54, 1.807) is 29.1 Å². The predicted molar refractivity (Wildman–Crippen MR) is 134 cm³/mol. The minimum Gasteiger partial charge on any atom is -0.323 e. The highest BCUT2D eigenvalue weighted by atomic mass is 35.5. The van der Waals surface area contributed by atoms with Gasteiger partial charge in [0, 0.05) is 25.4 Å². The van der Waals surface area contributed by atoms with Gasteiger partial charge in [0.15, 0.2) is 0 Å². The van der Waals surface area contributed by atoms with E-state index in [1.165, 1.54) is 0 Å². The third-order valence-electron chi connectivity index (χ3n) is 5.51. The van der Waals surface area contributed by atoms with Gasteiger partial charge in [0.25, 0.3) is 0 Å². The van der Waals surface area contributed by atoms with Crippen molar-refractivity contribution in [2.45, 2.75) is 12.5 Å². The molecular formula is C27H24ClN5O. The fourth-order valence-corrected chi connectivity index (χ4v) is 3.91. The number of nitriles is 1. The second-order valence-corrected chi connectivity index (χ2v) is 8.35. The Kier molecular flexibility index (Phi) is 7.38. The van der Waals surface area contributed by atoms with Gasteiger partial charge in [-0.3, -0.25) is 9.48 Å². The van der Waals surface area contributed by atoms with Crippen molar-refractivity contribution in [2.75, 3.05) is 11.9 Å². The second kappa shape index (κ2) is 10.8. The van der Waals surface area contributed by atoms with Crippen LogP contribution in [0.3, 0.4) is 0 Å². The molecule has 7 heteroatoms. The zero-order valence-electron chi connectivity index (χ0n) is 18.7. The molecule has 6 nitrogen and oxygen atoms in total. The highest BCUT2D eigenvalue weighted by Gasteiger charge is 2.21. The van der Waals surface area contributed by atoms with Gasteiger partial charge in [0.05, 0.1) is 28.5 Å². The van der Waals surface area contributed by atoms with Crippen molar-refractivity contribution in [3.05, 3.63) is 107 Å². The SMILES string of the molecule is Cn1cc(-c2ccc(NC(=O)C(NCCc3ccc(C#N)cc3)c3ccccc3)c(Cl)c2)cn1. The molecule has 1 heterocycles. The van der Waals surface area contributed by atoms with Crippen LogP contribution in [0.25, 0.3) is 11.1 Å². The topological polar surface area (TPSA) is 82.7 Å². The van der Waals surface area contributed by atoms with Crippen LogP contribution in [0.2, 0.25) is 5.02 Å². The Morgan fingerprint density at radius 1 is 1.09 bits per heavy atom. The molecule has 0 aliphatic heterocycles. The van der Waals surface area contributed by atoms with Gasteiger partial charge in [-0.05, 0) is 47.4 Å². The van der Waals surface area contributed by atoms with Crippen molar-refractivity contribution in [1.29, 1.82) is 5.26 Å². The number of carbonyl (C=O) groups is 1. The van der Waals surface area contributed by atoms with Gasteiger partial charge in [0.1, 0.15) is 6.04 Å². The maximum absolute atomic E-state index is 13.3. The molecule has 1 unspecified atom stereocenters. The largest absolute Gasteiger partial charge is 0.323 e. The Morgan fingerprint density at radius 2 is 1.85 bits per heavy atom. The lowest BCUT2D eigenvalue weighted by atomic mass is 10.0. The van der Waals surface area contributed by atoms with Crippen LogP contribution in [0.1, 0.15) is 22.7 Å². The number of hydrogen-bond acceptors (Lipinski definition) is 4. The first-order valence-corrected chi connectivity index (χ1v) is 11.3. The molecule has 1 atom stereocenters. The van der Waals surface area contributed by atoms with Gasteiger partial charge in [-0.25, -0.2) is 0 Å². The van der Waals surface area contributed by atoms with Crippen molar-refractivity contribution in [3.8, 4) is 17.2 Å². The van der Waals surface area contributed by atoms with Crippen molar-refractivity contribution in [1.82, 2.24) is 15.1 Å². The summed E-state index contributed by atoms with van der Waals surface area (Å²) in [6.07, 6.45) is 4.41. The number of carbonyl (C=O) groups excluding carboxylic acids is 1. The number of aryl methyl sites for hydroxylation is 1. The van der Waals surface area contributed by atoms with Crippen LogP contribution in [0.4, 0.5) is 5.69 Å². The van der Waals surface area contributed by atoms with E-state index in [9.17, 15) is 4.79 Å². The molecule has 0 radical (unpaired) electrons. The minimum atomic E-state index is -0.548. The standard InChI is InChI=1S/C27H24ClN5O/c1-33-18-23(17-31-33)22-11-12-25(24(28)15-22)32-27(34)26(21-5-3-2-4-6-21)30-14-13-19-7-9-20(16-29)10-8-19/h2-12,15,17-18,26,30H,13-14H2,1H3,(H,32,34). The number of benzene rings is 3. The first-order valence-electron chi connectivity index (χ1n) is 10.9. The number of nitrogens with zero attached hydrogens (tertiary/aromatic N) is 3. The molecule has 34 heavy (non-hydrogen) atoms. The summed E-state index contributed by atoms with van der Waals surface area (Å²) in [6.45, 7) is 0.590. The van der Waals surface area contributed by atoms with E-state index in [-0.39, 0.29) is 5.91 Å². The molecule has 0 spiro atoms. The summed E-state index contributed by atoms with van der Waals surface area (Å²) in [5.41, 5.74) is 5.01. The third-order valence-corrected chi connectivity index (χ3v) is 5.82. The van der Waals surface area contributed by atoms with Gasteiger partial charge < -0.3 is 10.6 Å². The quantitative estimate of drug-likeness (QED) is 0.375. The van der Waals surface area contributed by atoms with Crippen LogP contribution in [-0.4, -0.2) is 22.2 Å². The van der Waals surface area contributed by atoms with E-state index < -0.39 is 6.04 Å². The smallest absolute Gasteiger partial charge is 0.246 e. The molecule has 4 rings (SSSR count). The normalized spacial score (nSPS) is 11.6. The minimum absolute atomic E-state index is 0.193. The first kappa shape index (κ1) is 23.2. The Bertz CT molecular complexity index is 1310. The van der Waals surface area contributed by atoms with Crippen molar-refractivity contribution in [3.63, 3.8) is 0 Å². The number of amides is 1. The molecule has 0 saturated heterocycles. The molecule has 4 aromatic rings. The van der Waals surface area contributed by atoms with Gasteiger partial charge in [0.2, 0.25) is 5.91 Å². The highest BCUT2D eigenvalue weighted by molar-refractivity contribution is 6.34. The number of halogens is 1. The Labute approximate surface area is 203 Å². The summed E-state index contributed by atoms with van der Waals surface area (Å²) < 4.78 is 1.73. The summed E-state index contributed by atoms with van der Waals surface area (Å²) in [7, 11) is 1.86. The van der Waals surface area contributed by atoms with E-state index in [0.717, 1.165) is 28.7 Å². The lowest BCUT2D eigenvalue weighted by Gasteiger charge is -2.20. The number of hydrogen-bond donors (Lipinski definition) is 2. The van der Waals surface area contributed by atoms with E-state index >= 15 is 0 Å². The fourth-order valence-electron chi connectivity index (χ4n) is 3.69. The number of rotatable bonds is 8. The maximum atomic E-state index is 13.3. The summed E-state index contributed by atoms with van der Waals surface area (Å²) in [5.74, 6) is -0.193. The van der Waals surface area contributed by atoms with E-state index in [1.807, 2.05) is 67.8 Å². The number of aromatic nitrogens is 2. The Balaban J connectivity index is 1.46. The van der Waals surface area contributed by atoms with Crippen molar-refractivity contribution >= 4 is 23.2 Å². The summed E-state index contributed by atoms with van der Waals surface area (Å²) >= 11 is 6.50. The van der Waals surface area contributed by atoms with E-state index in [4.69, 9.17) is 16.9 Å². The molecule has 0 aliphatic carbocycles. The average molecular weight is 470 g/mol. The molecule has 0 aliphatic rings. The molecule has 2 N–H and O–H groups in total. The summed E-state index contributed by atoms with van der Waals surface area (Å²) in [6, 6.07) is 24.2. The monoisotopic (exact) mass is 469 g/mol. The zero-order valence-corrected chi connectivity index (χ0v) is 19.5. The van der Waals surface area contributed by atoms with Crippen molar-refractivity contribution in [2.24, 2.45) is 7.05 Å². The molecule has 170 valence electrons. The molecule has 1 aromatic heterocycles. The van der Waals surface area contributed by atoms with Crippen LogP contribution in [0.5, 0.6) is 0 Å². The average Bonchev–Trinajstić information content (AvgIpc) is 3.30. The van der Waals surface area contributed by atoms with E-state index in [2.05, 4.69) is 21.8 Å². The van der Waals surface area contributed by atoms with Crippen molar-refractivity contribution < 1.29 is 4.79 Å². The molecule has 1 amide bonds. The summed E-state index contributed by atoms with van der Waals surface area (Å²) in [5, 5.41) is 19.9. The Hall–Kier alpha value is -3.92. The highest BCUT2D eigenvalue weighted by Crippen LogP contribution is 2.29. The van der Waals surface area contributed by atoms with Crippen LogP contribution in [0.15, 0.2) is 85.2 Å². The number of anilines is 1. The lowest BCUT2D eigenvalue weighted by Crippen LogP contribution is -2.34. The van der Waals surface area contributed by atoms with Gasteiger partial charge in [-0.1, -0.05) is 60.1 Å². The molecule has 0 bridgehead atoms. The zero-order chi connectivity index (χ0) is 23.9.